The average Bonchev–Trinajstić information content (AvgIpc) is 3.55. The van der Waals surface area contributed by atoms with Gasteiger partial charge in [-0.15, -0.1) is 11.8 Å². The summed E-state index contributed by atoms with van der Waals surface area (Å²) in [6, 6.07) is 11.9. The van der Waals surface area contributed by atoms with Gasteiger partial charge in [-0.2, -0.15) is 0 Å². The fourth-order valence-corrected chi connectivity index (χ4v) is 4.84. The standard InChI is InChI=1S/C26H29F2NO2S/c1-15(17(3)30)26(16(2)25-23(27)7-6-8-24(25)28)29-18(4)32-14-20-13-22(20)19-9-11-21(31-5)12-10-19/h6-12,16,20,22,29H,4,13-14H2,1-3,5H3/b26-15-. The minimum absolute atomic E-state index is 0.0600. The summed E-state index contributed by atoms with van der Waals surface area (Å²) in [6.07, 6.45) is 1.11. The zero-order valence-corrected chi connectivity index (χ0v) is 19.7. The summed E-state index contributed by atoms with van der Waals surface area (Å²) in [7, 11) is 1.65. The molecule has 2 aromatic rings. The second-order valence-corrected chi connectivity index (χ2v) is 9.30. The summed E-state index contributed by atoms with van der Waals surface area (Å²) in [5.74, 6) is 0.687. The van der Waals surface area contributed by atoms with Crippen molar-refractivity contribution < 1.29 is 18.3 Å². The van der Waals surface area contributed by atoms with E-state index in [4.69, 9.17) is 4.74 Å². The molecule has 32 heavy (non-hydrogen) atoms. The van der Waals surface area contributed by atoms with Gasteiger partial charge in [-0.1, -0.05) is 31.7 Å². The van der Waals surface area contributed by atoms with Crippen molar-refractivity contribution in [2.24, 2.45) is 5.92 Å². The van der Waals surface area contributed by atoms with Crippen molar-refractivity contribution in [1.82, 2.24) is 5.32 Å². The minimum atomic E-state index is -0.662. The Morgan fingerprint density at radius 3 is 2.38 bits per heavy atom. The highest BCUT2D eigenvalue weighted by atomic mass is 32.2. The SMILES string of the molecule is C=C(N/C(=C(/C)C(C)=O)C(C)c1c(F)cccc1F)SCC1CC1c1ccc(OC)cc1. The first kappa shape index (κ1) is 24.1. The highest BCUT2D eigenvalue weighted by Crippen LogP contribution is 2.49. The molecule has 1 aliphatic carbocycles. The molecule has 1 fully saturated rings. The third-order valence-electron chi connectivity index (χ3n) is 6.01. The van der Waals surface area contributed by atoms with Crippen LogP contribution in [-0.4, -0.2) is 18.6 Å². The Labute approximate surface area is 192 Å². The molecule has 6 heteroatoms. The van der Waals surface area contributed by atoms with Gasteiger partial charge in [0, 0.05) is 28.5 Å². The molecule has 3 atom stereocenters. The maximum Gasteiger partial charge on any atom is 0.157 e. The molecule has 1 N–H and O–H groups in total. The van der Waals surface area contributed by atoms with Crippen LogP contribution in [0.25, 0.3) is 0 Å². The molecule has 170 valence electrons. The molecular weight excluding hydrogens is 428 g/mol. The Kier molecular flexibility index (Phi) is 7.77. The monoisotopic (exact) mass is 457 g/mol. The third-order valence-corrected chi connectivity index (χ3v) is 7.06. The summed E-state index contributed by atoms with van der Waals surface area (Å²) in [5, 5.41) is 3.84. The summed E-state index contributed by atoms with van der Waals surface area (Å²) < 4.78 is 33.9. The molecule has 3 rings (SSSR count). The second-order valence-electron chi connectivity index (χ2n) is 8.19. The molecule has 0 heterocycles. The molecule has 0 spiro atoms. The number of carbonyl (C=O) groups excluding carboxylic acids is 1. The summed E-state index contributed by atoms with van der Waals surface area (Å²) in [4.78, 5) is 12.1. The van der Waals surface area contributed by atoms with Crippen molar-refractivity contribution in [3.63, 3.8) is 0 Å². The molecule has 0 bridgehead atoms. The lowest BCUT2D eigenvalue weighted by Crippen LogP contribution is -2.21. The first-order valence-electron chi connectivity index (χ1n) is 10.6. The van der Waals surface area contributed by atoms with Gasteiger partial charge in [0.2, 0.25) is 0 Å². The lowest BCUT2D eigenvalue weighted by atomic mass is 9.92. The molecular formula is C26H29F2NO2S. The van der Waals surface area contributed by atoms with Gasteiger partial charge in [0.05, 0.1) is 12.1 Å². The molecule has 0 aromatic heterocycles. The summed E-state index contributed by atoms with van der Waals surface area (Å²) in [6.45, 7) is 8.88. The highest BCUT2D eigenvalue weighted by molar-refractivity contribution is 8.03. The molecule has 0 radical (unpaired) electrons. The fraction of sp³-hybridized carbons (Fsp3) is 0.346. The number of ether oxygens (including phenoxy) is 1. The molecule has 3 nitrogen and oxygen atoms in total. The van der Waals surface area contributed by atoms with E-state index < -0.39 is 17.6 Å². The quantitative estimate of drug-likeness (QED) is 0.411. The number of rotatable bonds is 10. The van der Waals surface area contributed by atoms with Crippen molar-refractivity contribution in [2.75, 3.05) is 12.9 Å². The highest BCUT2D eigenvalue weighted by Gasteiger charge is 2.38. The molecule has 3 unspecified atom stereocenters. The van der Waals surface area contributed by atoms with Crippen LogP contribution in [0.1, 0.15) is 50.2 Å². The Balaban J connectivity index is 1.65. The van der Waals surface area contributed by atoms with E-state index in [1.54, 1.807) is 32.7 Å². The second kappa shape index (κ2) is 10.3. The molecule has 1 aliphatic rings. The number of nitrogens with one attached hydrogen (secondary N) is 1. The molecule has 0 amide bonds. The first-order valence-corrected chi connectivity index (χ1v) is 11.6. The number of ketones is 1. The number of hydrogen-bond donors (Lipinski definition) is 1. The molecule has 2 aromatic carbocycles. The van der Waals surface area contributed by atoms with Crippen LogP contribution in [0.5, 0.6) is 5.75 Å². The van der Waals surface area contributed by atoms with Gasteiger partial charge in [-0.3, -0.25) is 4.79 Å². The van der Waals surface area contributed by atoms with Crippen molar-refractivity contribution in [1.29, 1.82) is 0 Å². The van der Waals surface area contributed by atoms with Crippen molar-refractivity contribution >= 4 is 17.5 Å². The van der Waals surface area contributed by atoms with Crippen LogP contribution in [0.15, 0.2) is 65.3 Å². The number of halogens is 2. The van der Waals surface area contributed by atoms with E-state index in [9.17, 15) is 13.6 Å². The first-order chi connectivity index (χ1) is 15.2. The number of methoxy groups -OCH3 is 1. The third kappa shape index (κ3) is 5.60. The number of thioether (sulfide) groups is 1. The number of allylic oxidation sites excluding steroid dienone is 2. The Morgan fingerprint density at radius 2 is 1.81 bits per heavy atom. The van der Waals surface area contributed by atoms with E-state index in [1.165, 1.54) is 30.7 Å². The van der Waals surface area contributed by atoms with Gasteiger partial charge in [0.15, 0.2) is 5.78 Å². The van der Waals surface area contributed by atoms with E-state index in [-0.39, 0.29) is 11.3 Å². The Morgan fingerprint density at radius 1 is 1.19 bits per heavy atom. The molecule has 1 saturated carbocycles. The zero-order chi connectivity index (χ0) is 23.4. The van der Waals surface area contributed by atoms with Gasteiger partial charge in [-0.05, 0) is 61.9 Å². The predicted octanol–water partition coefficient (Wildman–Crippen LogP) is 6.54. The maximum absolute atomic E-state index is 14.4. The number of carbonyl (C=O) groups is 1. The van der Waals surface area contributed by atoms with Gasteiger partial charge in [0.1, 0.15) is 17.4 Å². The van der Waals surface area contributed by atoms with Crippen LogP contribution in [0.3, 0.4) is 0 Å². The van der Waals surface area contributed by atoms with Crippen molar-refractivity contribution in [3.05, 3.63) is 88.1 Å². The summed E-state index contributed by atoms with van der Waals surface area (Å²) >= 11 is 1.57. The van der Waals surface area contributed by atoms with E-state index in [2.05, 4.69) is 24.0 Å². The maximum atomic E-state index is 14.4. The topological polar surface area (TPSA) is 38.3 Å². The van der Waals surface area contributed by atoms with Crippen LogP contribution in [0.4, 0.5) is 8.78 Å². The lowest BCUT2D eigenvalue weighted by molar-refractivity contribution is -0.113. The smallest absolute Gasteiger partial charge is 0.157 e. The fourth-order valence-electron chi connectivity index (χ4n) is 3.87. The normalized spacial score (nSPS) is 19.1. The van der Waals surface area contributed by atoms with Crippen molar-refractivity contribution in [2.45, 2.75) is 39.0 Å². The number of benzene rings is 2. The van der Waals surface area contributed by atoms with Crippen LogP contribution in [-0.2, 0) is 4.79 Å². The van der Waals surface area contributed by atoms with Crippen LogP contribution < -0.4 is 10.1 Å². The Hall–Kier alpha value is -2.60. The van der Waals surface area contributed by atoms with Gasteiger partial charge >= 0.3 is 0 Å². The number of hydrogen-bond acceptors (Lipinski definition) is 4. The van der Waals surface area contributed by atoms with Crippen LogP contribution in [0, 0.1) is 17.6 Å². The largest absolute Gasteiger partial charge is 0.497 e. The predicted molar refractivity (Wildman–Crippen MR) is 127 cm³/mol. The van der Waals surface area contributed by atoms with E-state index in [0.717, 1.165) is 17.9 Å². The van der Waals surface area contributed by atoms with E-state index in [1.807, 2.05) is 12.1 Å². The minimum Gasteiger partial charge on any atom is -0.497 e. The molecule has 0 aliphatic heterocycles. The lowest BCUT2D eigenvalue weighted by Gasteiger charge is -2.22. The van der Waals surface area contributed by atoms with Crippen LogP contribution >= 0.6 is 11.8 Å². The van der Waals surface area contributed by atoms with E-state index >= 15 is 0 Å². The van der Waals surface area contributed by atoms with Crippen molar-refractivity contribution in [3.8, 4) is 5.75 Å². The average molecular weight is 458 g/mol. The van der Waals surface area contributed by atoms with E-state index in [0.29, 0.717) is 28.1 Å². The van der Waals surface area contributed by atoms with Gasteiger partial charge in [0.25, 0.3) is 0 Å². The molecule has 0 saturated heterocycles. The van der Waals surface area contributed by atoms with Gasteiger partial charge in [-0.25, -0.2) is 8.78 Å². The Bertz CT molecular complexity index is 1010. The number of Topliss-reactive ketones (excluding diaryl/α,β-unsaturated/α-hetero) is 1. The van der Waals surface area contributed by atoms with Gasteiger partial charge < -0.3 is 10.1 Å². The summed E-state index contributed by atoms with van der Waals surface area (Å²) in [5.41, 5.74) is 2.15. The van der Waals surface area contributed by atoms with Crippen LogP contribution in [0.2, 0.25) is 0 Å². The zero-order valence-electron chi connectivity index (χ0n) is 18.9.